The molecule has 84 valence electrons. The third-order valence-corrected chi connectivity index (χ3v) is 1.56. The molecule has 0 aliphatic heterocycles. The zero-order chi connectivity index (χ0) is 11.8. The Labute approximate surface area is 87.0 Å². The van der Waals surface area contributed by atoms with E-state index in [4.69, 9.17) is 5.73 Å². The Balaban J connectivity index is 0. The highest BCUT2D eigenvalue weighted by molar-refractivity contribution is 5.80. The van der Waals surface area contributed by atoms with Gasteiger partial charge in [0, 0.05) is 25.9 Å². The summed E-state index contributed by atoms with van der Waals surface area (Å²) in [5, 5.41) is 2.57. The zero-order valence-electron chi connectivity index (χ0n) is 10.1. The van der Waals surface area contributed by atoms with E-state index in [-0.39, 0.29) is 11.3 Å². The molecule has 0 radical (unpaired) electrons. The van der Waals surface area contributed by atoms with Crippen molar-refractivity contribution in [3.05, 3.63) is 0 Å². The first-order valence-electron chi connectivity index (χ1n) is 4.72. The summed E-state index contributed by atoms with van der Waals surface area (Å²) < 4.78 is 0. The number of hydrogen-bond acceptors (Lipinski definition) is 2. The van der Waals surface area contributed by atoms with Gasteiger partial charge >= 0.3 is 0 Å². The van der Waals surface area contributed by atoms with E-state index in [9.17, 15) is 4.79 Å². The van der Waals surface area contributed by atoms with Gasteiger partial charge in [-0.1, -0.05) is 27.7 Å². The molecule has 3 N–H and O–H groups in total. The molecular formula is C10H23N3O. The lowest BCUT2D eigenvalue weighted by Crippen LogP contribution is -2.31. The highest BCUT2D eigenvalue weighted by Crippen LogP contribution is 2.11. The highest BCUT2D eigenvalue weighted by atomic mass is 16.2. The van der Waals surface area contributed by atoms with Crippen molar-refractivity contribution >= 4 is 11.7 Å². The molecule has 0 aromatic carbocycles. The van der Waals surface area contributed by atoms with Gasteiger partial charge in [-0.25, -0.2) is 0 Å². The van der Waals surface area contributed by atoms with Gasteiger partial charge < -0.3 is 11.1 Å². The second-order valence-electron chi connectivity index (χ2n) is 3.90. The first kappa shape index (κ1) is 15.4. The fourth-order valence-electron chi connectivity index (χ4n) is 0.533. The number of amides is 1. The van der Waals surface area contributed by atoms with Crippen molar-refractivity contribution in [2.24, 2.45) is 16.1 Å². The maximum atomic E-state index is 10.7. The van der Waals surface area contributed by atoms with E-state index in [2.05, 4.69) is 10.3 Å². The second-order valence-corrected chi connectivity index (χ2v) is 3.90. The third-order valence-electron chi connectivity index (χ3n) is 1.56. The Morgan fingerprint density at radius 3 is 1.86 bits per heavy atom. The average Bonchev–Trinajstić information content (AvgIpc) is 2.14. The van der Waals surface area contributed by atoms with Gasteiger partial charge in [0.05, 0.1) is 5.84 Å². The normalized spacial score (nSPS) is 11.4. The summed E-state index contributed by atoms with van der Waals surface area (Å²) in [6.45, 7) is 7.62. The Morgan fingerprint density at radius 2 is 1.86 bits per heavy atom. The monoisotopic (exact) mass is 201 g/mol. The van der Waals surface area contributed by atoms with Crippen LogP contribution in [0.5, 0.6) is 0 Å². The van der Waals surface area contributed by atoms with Crippen LogP contribution < -0.4 is 11.1 Å². The van der Waals surface area contributed by atoms with E-state index in [0.29, 0.717) is 0 Å². The minimum Gasteiger partial charge on any atom is -0.387 e. The molecule has 0 spiro atoms. The summed E-state index contributed by atoms with van der Waals surface area (Å²) in [5.74, 6) is 0.799. The minimum atomic E-state index is -0.241. The molecule has 0 aromatic rings. The molecule has 1 amide bonds. The van der Waals surface area contributed by atoms with Crippen LogP contribution in [0.1, 0.15) is 34.1 Å². The first-order valence-corrected chi connectivity index (χ1v) is 4.72. The molecular weight excluding hydrogens is 178 g/mol. The van der Waals surface area contributed by atoms with Crippen LogP contribution in [0.4, 0.5) is 0 Å². The number of carbonyl (C=O) groups excluding carboxylic acids is 1. The molecule has 0 saturated heterocycles. The molecule has 0 aliphatic rings. The van der Waals surface area contributed by atoms with Gasteiger partial charge in [0.25, 0.3) is 0 Å². The van der Waals surface area contributed by atoms with Gasteiger partial charge in [-0.05, 0) is 0 Å². The Hall–Kier alpha value is -1.06. The van der Waals surface area contributed by atoms with Gasteiger partial charge in [0.1, 0.15) is 0 Å². The number of aliphatic imine (C=N–C) groups is 1. The molecule has 0 rings (SSSR count). The number of rotatable bonds is 1. The SMILES string of the molecule is CCC(N)=NC.CNC(=O)C(C)(C)C. The summed E-state index contributed by atoms with van der Waals surface area (Å²) in [7, 11) is 3.34. The van der Waals surface area contributed by atoms with E-state index >= 15 is 0 Å². The van der Waals surface area contributed by atoms with Gasteiger partial charge in [0.15, 0.2) is 0 Å². The standard InChI is InChI=1S/C6H13NO.C4H10N2/c1-6(2,3)5(8)7-4;1-3-4(5)6-2/h1-4H3,(H,7,8);3H2,1-2H3,(H2,5,6). The van der Waals surface area contributed by atoms with Crippen molar-refractivity contribution in [3.63, 3.8) is 0 Å². The van der Waals surface area contributed by atoms with E-state index in [1.165, 1.54) is 0 Å². The quantitative estimate of drug-likeness (QED) is 0.494. The maximum Gasteiger partial charge on any atom is 0.225 e. The molecule has 0 fully saturated rings. The fraction of sp³-hybridized carbons (Fsp3) is 0.800. The molecule has 14 heavy (non-hydrogen) atoms. The van der Waals surface area contributed by atoms with E-state index in [1.807, 2.05) is 27.7 Å². The lowest BCUT2D eigenvalue weighted by molar-refractivity contribution is -0.127. The van der Waals surface area contributed by atoms with Crippen LogP contribution in [0, 0.1) is 5.41 Å². The minimum absolute atomic E-state index is 0.0810. The third kappa shape index (κ3) is 9.03. The first-order chi connectivity index (χ1) is 6.29. The predicted octanol–water partition coefficient (Wildman–Crippen LogP) is 1.16. The summed E-state index contributed by atoms with van der Waals surface area (Å²) in [4.78, 5) is 14.4. The fourth-order valence-corrected chi connectivity index (χ4v) is 0.533. The lowest BCUT2D eigenvalue weighted by Gasteiger charge is -2.14. The summed E-state index contributed by atoms with van der Waals surface area (Å²) >= 11 is 0. The Morgan fingerprint density at radius 1 is 1.43 bits per heavy atom. The summed E-state index contributed by atoms with van der Waals surface area (Å²) in [6, 6.07) is 0. The molecule has 0 unspecified atom stereocenters. The number of hydrogen-bond donors (Lipinski definition) is 2. The van der Waals surface area contributed by atoms with Gasteiger partial charge in [0.2, 0.25) is 5.91 Å². The van der Waals surface area contributed by atoms with Crippen molar-refractivity contribution in [2.75, 3.05) is 14.1 Å². The van der Waals surface area contributed by atoms with Crippen LogP contribution in [0.15, 0.2) is 4.99 Å². The molecule has 0 bridgehead atoms. The van der Waals surface area contributed by atoms with Crippen molar-refractivity contribution < 1.29 is 4.79 Å². The predicted molar refractivity (Wildman–Crippen MR) is 61.4 cm³/mol. The second kappa shape index (κ2) is 7.35. The van der Waals surface area contributed by atoms with Crippen molar-refractivity contribution in [2.45, 2.75) is 34.1 Å². The van der Waals surface area contributed by atoms with Gasteiger partial charge in [-0.2, -0.15) is 0 Å². The largest absolute Gasteiger partial charge is 0.387 e. The topological polar surface area (TPSA) is 67.5 Å². The number of amidine groups is 1. The van der Waals surface area contributed by atoms with Crippen molar-refractivity contribution in [1.82, 2.24) is 5.32 Å². The molecule has 0 heterocycles. The molecule has 0 atom stereocenters. The van der Waals surface area contributed by atoms with E-state index in [1.54, 1.807) is 14.1 Å². The molecule has 0 saturated carbocycles. The van der Waals surface area contributed by atoms with Crippen LogP contribution in [-0.4, -0.2) is 25.8 Å². The highest BCUT2D eigenvalue weighted by Gasteiger charge is 2.18. The number of carbonyl (C=O) groups is 1. The van der Waals surface area contributed by atoms with Crippen LogP contribution in [0.2, 0.25) is 0 Å². The van der Waals surface area contributed by atoms with Crippen LogP contribution in [-0.2, 0) is 4.79 Å². The van der Waals surface area contributed by atoms with E-state index < -0.39 is 0 Å². The smallest absolute Gasteiger partial charge is 0.225 e. The van der Waals surface area contributed by atoms with Crippen LogP contribution >= 0.6 is 0 Å². The number of nitrogens with one attached hydrogen (secondary N) is 1. The van der Waals surface area contributed by atoms with Gasteiger partial charge in [-0.15, -0.1) is 0 Å². The zero-order valence-corrected chi connectivity index (χ0v) is 10.1. The summed E-state index contributed by atoms with van der Waals surface area (Å²) in [6.07, 6.45) is 0.858. The molecule has 0 aliphatic carbocycles. The Bertz CT molecular complexity index is 192. The Kier molecular flexibility index (Phi) is 8.10. The van der Waals surface area contributed by atoms with E-state index in [0.717, 1.165) is 12.3 Å². The van der Waals surface area contributed by atoms with Crippen LogP contribution in [0.3, 0.4) is 0 Å². The number of nitrogens with zero attached hydrogens (tertiary/aromatic N) is 1. The summed E-state index contributed by atoms with van der Waals surface area (Å²) in [5.41, 5.74) is 4.98. The van der Waals surface area contributed by atoms with Crippen molar-refractivity contribution in [1.29, 1.82) is 0 Å². The molecule has 0 aromatic heterocycles. The van der Waals surface area contributed by atoms with Crippen LogP contribution in [0.25, 0.3) is 0 Å². The maximum absolute atomic E-state index is 10.7. The average molecular weight is 201 g/mol. The van der Waals surface area contributed by atoms with Crippen molar-refractivity contribution in [3.8, 4) is 0 Å². The lowest BCUT2D eigenvalue weighted by atomic mass is 9.96. The molecule has 4 nitrogen and oxygen atoms in total. The number of nitrogens with two attached hydrogens (primary N) is 1. The van der Waals surface area contributed by atoms with Gasteiger partial charge in [-0.3, -0.25) is 9.79 Å². The molecule has 4 heteroatoms.